The average molecular weight is 839 g/mol. The van der Waals surface area contributed by atoms with Gasteiger partial charge in [0.05, 0.1) is 0 Å². The molecule has 8 aromatic rings. The summed E-state index contributed by atoms with van der Waals surface area (Å²) in [6.45, 7) is 4.47. The summed E-state index contributed by atoms with van der Waals surface area (Å²) in [5.41, 5.74) is 14.2. The van der Waals surface area contributed by atoms with Crippen molar-refractivity contribution in [3.63, 3.8) is 0 Å². The molecule has 0 N–H and O–H groups in total. The number of pyridine rings is 1. The summed E-state index contributed by atoms with van der Waals surface area (Å²) in [5.74, 6) is 0. The van der Waals surface area contributed by atoms with E-state index in [-0.39, 0.29) is 12.1 Å². The van der Waals surface area contributed by atoms with Crippen molar-refractivity contribution in [2.45, 2.75) is 19.3 Å². The quantitative estimate of drug-likeness (QED) is 0.141. The first-order valence-corrected chi connectivity index (χ1v) is 18.5. The Morgan fingerprint density at radius 3 is 1.78 bits per heavy atom. The van der Waals surface area contributed by atoms with E-state index in [0.717, 1.165) is 15.2 Å². The molecule has 0 radical (unpaired) electrons. The molecule has 0 saturated heterocycles. The number of hydrogen-bond donors (Lipinski definition) is 0. The molecule has 0 unspecified atom stereocenters. The van der Waals surface area contributed by atoms with Crippen molar-refractivity contribution in [1.29, 1.82) is 0 Å². The first-order chi connectivity index (χ1) is 24.9. The maximum absolute atomic E-state index is 4.80. The molecule has 51 heavy (non-hydrogen) atoms. The molecule has 0 aliphatic rings. The molecular formula is C46H38BN3Pt. The molecule has 6 aromatic carbocycles. The Morgan fingerprint density at radius 2 is 1.14 bits per heavy atom. The zero-order chi connectivity index (χ0) is 35.0. The van der Waals surface area contributed by atoms with E-state index < -0.39 is 0 Å². The van der Waals surface area contributed by atoms with Crippen LogP contribution >= 0.6 is 0 Å². The number of rotatable bonds is 8. The number of para-hydroxylation sites is 2. The fraction of sp³-hybridized carbons (Fsp3) is 0.0870. The van der Waals surface area contributed by atoms with Gasteiger partial charge in [-0.1, -0.05) is 6.07 Å². The summed E-state index contributed by atoms with van der Waals surface area (Å²) in [5, 5.41) is 0. The van der Waals surface area contributed by atoms with E-state index in [2.05, 4.69) is 213 Å². The number of imidazole rings is 1. The Labute approximate surface area is 311 Å². The minimum absolute atomic E-state index is 0.0792. The molecule has 2 aromatic heterocycles. The van der Waals surface area contributed by atoms with Gasteiger partial charge in [-0.05, 0) is 6.07 Å². The van der Waals surface area contributed by atoms with Gasteiger partial charge in [-0.25, -0.2) is 0 Å². The summed E-state index contributed by atoms with van der Waals surface area (Å²) in [6.07, 6.45) is 1.89. The predicted octanol–water partition coefficient (Wildman–Crippen LogP) is 8.62. The third kappa shape index (κ3) is 6.09. The van der Waals surface area contributed by atoms with Gasteiger partial charge >= 0.3 is 295 Å². The van der Waals surface area contributed by atoms with Gasteiger partial charge in [-0.2, -0.15) is 0 Å². The molecule has 3 nitrogen and oxygen atoms in total. The molecule has 0 fully saturated rings. The van der Waals surface area contributed by atoms with Crippen LogP contribution in [0.5, 0.6) is 0 Å². The van der Waals surface area contributed by atoms with Crippen molar-refractivity contribution in [3.8, 4) is 27.9 Å². The van der Waals surface area contributed by atoms with E-state index in [1.165, 1.54) is 55.2 Å². The van der Waals surface area contributed by atoms with Gasteiger partial charge in [-0.15, -0.1) is 0 Å². The SMILES string of the molecule is Cn1[c](=[Pt])n(-c2cccc(B(c3cccc(C(C)(C)c4ccccn4)c3)c3c(-c4ccccc4)cccc3-c3ccccc3)c2)c2ccccc21. The standard InChI is InChI=1S/C46H38BN3.Pt/c1-46(2,44-29-12-13-30-48-44)36-21-14-22-37(31-36)47(38-23-15-24-39(32-38)50-33-49(3)42-27-10-11-28-43(42)50)45-40(34-17-6-4-7-18-34)25-16-26-41(45)35-19-8-5-9-20-35;/h4-32H,1-3H3;. The Kier molecular flexibility index (Phi) is 8.88. The van der Waals surface area contributed by atoms with Gasteiger partial charge in [0.25, 0.3) is 0 Å². The van der Waals surface area contributed by atoms with Crippen molar-refractivity contribution in [1.82, 2.24) is 14.1 Å². The number of aryl methyl sites for hydroxylation is 1. The van der Waals surface area contributed by atoms with E-state index in [1.807, 2.05) is 12.3 Å². The number of nitrogens with zero attached hydrogens (tertiary/aromatic N) is 3. The zero-order valence-electron chi connectivity index (χ0n) is 29.0. The first kappa shape index (κ1) is 32.9. The van der Waals surface area contributed by atoms with Crippen LogP contribution in [0.15, 0.2) is 176 Å². The zero-order valence-corrected chi connectivity index (χ0v) is 31.3. The van der Waals surface area contributed by atoms with Crippen LogP contribution in [0.3, 0.4) is 0 Å². The third-order valence-corrected chi connectivity index (χ3v) is 11.5. The van der Waals surface area contributed by atoms with Crippen molar-refractivity contribution in [3.05, 3.63) is 191 Å². The fourth-order valence-corrected chi connectivity index (χ4v) is 8.32. The third-order valence-electron chi connectivity index (χ3n) is 10.2. The molecule has 250 valence electrons. The first-order valence-electron chi connectivity index (χ1n) is 17.4. The van der Waals surface area contributed by atoms with Gasteiger partial charge < -0.3 is 0 Å². The molecule has 8 rings (SSSR count). The van der Waals surface area contributed by atoms with Crippen molar-refractivity contribution < 1.29 is 19.4 Å². The summed E-state index contributed by atoms with van der Waals surface area (Å²) >= 11 is 2.46. The molecular weight excluding hydrogens is 800 g/mol. The predicted molar refractivity (Wildman–Crippen MR) is 210 cm³/mol. The Bertz CT molecular complexity index is 2480. The number of hydrogen-bond acceptors (Lipinski definition) is 1. The Balaban J connectivity index is 1.42. The normalized spacial score (nSPS) is 11.5. The molecule has 0 aliphatic heterocycles. The minimum atomic E-state index is -0.292. The van der Waals surface area contributed by atoms with Crippen LogP contribution in [0.1, 0.15) is 25.1 Å². The van der Waals surface area contributed by atoms with E-state index in [4.69, 9.17) is 4.98 Å². The van der Waals surface area contributed by atoms with Gasteiger partial charge in [0.1, 0.15) is 0 Å². The van der Waals surface area contributed by atoms with Crippen molar-refractivity contribution in [2.75, 3.05) is 0 Å². The topological polar surface area (TPSA) is 22.8 Å². The molecule has 0 saturated carbocycles. The Hall–Kier alpha value is -5.31. The van der Waals surface area contributed by atoms with Crippen LogP contribution in [-0.4, -0.2) is 20.8 Å². The van der Waals surface area contributed by atoms with Crippen LogP contribution in [0.4, 0.5) is 0 Å². The van der Waals surface area contributed by atoms with E-state index >= 15 is 0 Å². The second-order valence-electron chi connectivity index (χ2n) is 13.6. The van der Waals surface area contributed by atoms with Crippen molar-refractivity contribution in [2.24, 2.45) is 7.05 Å². The molecule has 5 heteroatoms. The van der Waals surface area contributed by atoms with Crippen LogP contribution < -0.4 is 16.4 Å². The van der Waals surface area contributed by atoms with Crippen LogP contribution in [0, 0.1) is 3.80 Å². The molecule has 0 bridgehead atoms. The second-order valence-corrected chi connectivity index (χ2v) is 14.6. The Morgan fingerprint density at radius 1 is 0.569 bits per heavy atom. The van der Waals surface area contributed by atoms with Gasteiger partial charge in [-0.3, -0.25) is 0 Å². The summed E-state index contributed by atoms with van der Waals surface area (Å²) < 4.78 is 5.79. The van der Waals surface area contributed by atoms with E-state index in [1.54, 1.807) is 0 Å². The van der Waals surface area contributed by atoms with Crippen LogP contribution in [0.25, 0.3) is 39.0 Å². The second kappa shape index (κ2) is 13.8. The number of benzene rings is 6. The van der Waals surface area contributed by atoms with Crippen LogP contribution in [0.2, 0.25) is 0 Å². The van der Waals surface area contributed by atoms with Gasteiger partial charge in [0, 0.05) is 6.20 Å². The number of fused-ring (bicyclic) bond motifs is 1. The molecule has 2 heterocycles. The number of aromatic nitrogens is 3. The van der Waals surface area contributed by atoms with Crippen molar-refractivity contribution >= 4 is 34.1 Å². The molecule has 0 aliphatic carbocycles. The molecule has 0 amide bonds. The summed E-state index contributed by atoms with van der Waals surface area (Å²) in [7, 11) is 2.14. The average Bonchev–Trinajstić information content (AvgIpc) is 3.45. The fourth-order valence-electron chi connectivity index (χ4n) is 7.48. The monoisotopic (exact) mass is 838 g/mol. The van der Waals surface area contributed by atoms with E-state index in [9.17, 15) is 0 Å². The summed E-state index contributed by atoms with van der Waals surface area (Å²) in [6, 6.07) is 61.6. The van der Waals surface area contributed by atoms with Crippen LogP contribution in [-0.2, 0) is 31.8 Å². The maximum atomic E-state index is 4.80. The summed E-state index contributed by atoms with van der Waals surface area (Å²) in [4.78, 5) is 4.80. The van der Waals surface area contributed by atoms with Gasteiger partial charge in [0.15, 0.2) is 0 Å². The van der Waals surface area contributed by atoms with E-state index in [0.29, 0.717) is 0 Å². The molecule has 0 atom stereocenters. The van der Waals surface area contributed by atoms with Gasteiger partial charge in [0.2, 0.25) is 0 Å². The molecule has 0 spiro atoms.